The number of fused-ring (bicyclic) bond motifs is 1. The Morgan fingerprint density at radius 2 is 1.15 bits per heavy atom. The number of amides is 3. The molecule has 2 heterocycles. The third-order valence-electron chi connectivity index (χ3n) is 7.52. The molecule has 33 heavy (non-hydrogen) atoms. The Hall–Kier alpha value is -2.66. The van der Waals surface area contributed by atoms with Gasteiger partial charge < -0.3 is 9.64 Å². The van der Waals surface area contributed by atoms with Crippen LogP contribution in [0, 0.1) is 5.41 Å². The molecule has 5 heteroatoms. The van der Waals surface area contributed by atoms with Crippen molar-refractivity contribution in [3.05, 3.63) is 70.8 Å². The topological polar surface area (TPSA) is 49.9 Å². The number of hydrogen-bond acceptors (Lipinski definition) is 3. The highest BCUT2D eigenvalue weighted by Gasteiger charge is 2.75. The summed E-state index contributed by atoms with van der Waals surface area (Å²) in [6.07, 6.45) is -0.627. The molecular formula is C28H36N2O3. The van der Waals surface area contributed by atoms with Crippen LogP contribution in [-0.2, 0) is 26.0 Å². The molecule has 2 aromatic rings. The van der Waals surface area contributed by atoms with Crippen LogP contribution >= 0.6 is 0 Å². The second-order valence-electron chi connectivity index (χ2n) is 11.8. The molecule has 2 aliphatic heterocycles. The second-order valence-corrected chi connectivity index (χ2v) is 11.8. The third kappa shape index (κ3) is 3.16. The molecule has 5 nitrogen and oxygen atoms in total. The molecule has 3 amide bonds. The Morgan fingerprint density at radius 1 is 0.758 bits per heavy atom. The molecule has 0 bridgehead atoms. The predicted octanol–water partition coefficient (Wildman–Crippen LogP) is 5.41. The second kappa shape index (κ2) is 7.17. The van der Waals surface area contributed by atoms with Crippen molar-refractivity contribution in [3.63, 3.8) is 0 Å². The van der Waals surface area contributed by atoms with E-state index in [1.807, 2.05) is 6.92 Å². The van der Waals surface area contributed by atoms with Crippen molar-refractivity contribution in [1.82, 2.24) is 9.80 Å². The Morgan fingerprint density at radius 3 is 1.52 bits per heavy atom. The monoisotopic (exact) mass is 448 g/mol. The van der Waals surface area contributed by atoms with Gasteiger partial charge in [0.1, 0.15) is 11.0 Å². The summed E-state index contributed by atoms with van der Waals surface area (Å²) >= 11 is 0. The zero-order valence-electron chi connectivity index (χ0n) is 21.3. The van der Waals surface area contributed by atoms with E-state index >= 15 is 0 Å². The third-order valence-corrected chi connectivity index (χ3v) is 7.52. The van der Waals surface area contributed by atoms with Gasteiger partial charge >= 0.3 is 6.03 Å². The first-order valence-electron chi connectivity index (χ1n) is 11.6. The van der Waals surface area contributed by atoms with Gasteiger partial charge in [-0.2, -0.15) is 0 Å². The molecule has 2 aromatic carbocycles. The summed E-state index contributed by atoms with van der Waals surface area (Å²) in [5, 5.41) is 0. The fourth-order valence-electron chi connectivity index (χ4n) is 5.33. The maximum absolute atomic E-state index is 13.7. The molecule has 2 fully saturated rings. The van der Waals surface area contributed by atoms with Crippen molar-refractivity contribution in [3.8, 4) is 0 Å². The predicted molar refractivity (Wildman–Crippen MR) is 130 cm³/mol. The van der Waals surface area contributed by atoms with Gasteiger partial charge in [-0.15, -0.1) is 0 Å². The molecule has 0 spiro atoms. The first-order chi connectivity index (χ1) is 15.2. The Balaban J connectivity index is 1.91. The van der Waals surface area contributed by atoms with Crippen LogP contribution < -0.4 is 0 Å². The summed E-state index contributed by atoms with van der Waals surface area (Å²) in [4.78, 5) is 29.0. The van der Waals surface area contributed by atoms with E-state index in [0.29, 0.717) is 0 Å². The van der Waals surface area contributed by atoms with Crippen molar-refractivity contribution in [2.24, 2.45) is 5.41 Å². The number of imide groups is 1. The molecule has 4 rings (SSSR count). The Labute approximate surface area is 197 Å². The summed E-state index contributed by atoms with van der Waals surface area (Å²) in [7, 11) is 3.25. The lowest BCUT2D eigenvalue weighted by atomic mass is 9.58. The van der Waals surface area contributed by atoms with Crippen LogP contribution in [0.15, 0.2) is 48.5 Å². The summed E-state index contributed by atoms with van der Waals surface area (Å²) < 4.78 is 6.62. The van der Waals surface area contributed by atoms with Gasteiger partial charge in [-0.05, 0) is 40.0 Å². The van der Waals surface area contributed by atoms with E-state index in [-0.39, 0.29) is 22.8 Å². The Bertz CT molecular complexity index is 1030. The van der Waals surface area contributed by atoms with Crippen molar-refractivity contribution in [1.29, 1.82) is 0 Å². The normalized spacial score (nSPS) is 25.1. The van der Waals surface area contributed by atoms with Crippen LogP contribution in [0.5, 0.6) is 0 Å². The van der Waals surface area contributed by atoms with E-state index in [0.717, 1.165) is 11.1 Å². The van der Waals surface area contributed by atoms with Gasteiger partial charge in [0.05, 0.1) is 0 Å². The van der Waals surface area contributed by atoms with Crippen molar-refractivity contribution < 1.29 is 14.3 Å². The zero-order valence-corrected chi connectivity index (χ0v) is 21.3. The van der Waals surface area contributed by atoms with E-state index in [1.165, 1.54) is 20.9 Å². The van der Waals surface area contributed by atoms with Gasteiger partial charge in [-0.3, -0.25) is 9.69 Å². The first-order valence-corrected chi connectivity index (χ1v) is 11.6. The first kappa shape index (κ1) is 23.5. The molecule has 2 saturated heterocycles. The number of urea groups is 1. The standard InChI is InChI=1S/C28H36N2O3/c1-25(2,3)18-10-14-20(15-11-18)28(21-16-12-19(13-17-21)26(4,5)6)27(7)22(31)29(8)24(32)30(9)23(27)33-28/h10-17,23H,1-9H3/t23-,27-/m0/s1. The van der Waals surface area contributed by atoms with Crippen LogP contribution in [0.4, 0.5) is 4.79 Å². The van der Waals surface area contributed by atoms with Crippen molar-refractivity contribution >= 4 is 11.9 Å². The van der Waals surface area contributed by atoms with Crippen LogP contribution in [0.3, 0.4) is 0 Å². The molecule has 2 aliphatic rings. The minimum absolute atomic E-state index is 0.0144. The largest absolute Gasteiger partial charge is 0.340 e. The summed E-state index contributed by atoms with van der Waals surface area (Å²) in [5.41, 5.74) is 2.34. The lowest BCUT2D eigenvalue weighted by molar-refractivity contribution is -0.332. The number of benzene rings is 2. The SMILES string of the molecule is CN1C(=O)N(C)[C@H]2OC(c3ccc(C(C)(C)C)cc3)(c3ccc(C(C)(C)C)cc3)[C@@]2(C)C1=O. The highest BCUT2D eigenvalue weighted by molar-refractivity contribution is 6.02. The maximum Gasteiger partial charge on any atom is 0.328 e. The van der Waals surface area contributed by atoms with Gasteiger partial charge in [0.15, 0.2) is 6.23 Å². The van der Waals surface area contributed by atoms with Gasteiger partial charge in [-0.25, -0.2) is 4.79 Å². The quantitative estimate of drug-likeness (QED) is 0.617. The lowest BCUT2D eigenvalue weighted by Gasteiger charge is -2.66. The number of carbonyl (C=O) groups excluding carboxylic acids is 2. The van der Waals surface area contributed by atoms with Crippen molar-refractivity contribution in [2.75, 3.05) is 14.1 Å². The van der Waals surface area contributed by atoms with Gasteiger partial charge in [0, 0.05) is 14.1 Å². The van der Waals surface area contributed by atoms with Crippen LogP contribution in [-0.4, -0.2) is 42.1 Å². The van der Waals surface area contributed by atoms with Crippen LogP contribution in [0.1, 0.15) is 70.7 Å². The minimum Gasteiger partial charge on any atom is -0.340 e. The highest BCUT2D eigenvalue weighted by Crippen LogP contribution is 2.63. The van der Waals surface area contributed by atoms with Gasteiger partial charge in [-0.1, -0.05) is 90.1 Å². The maximum atomic E-state index is 13.7. The average molecular weight is 449 g/mol. The van der Waals surface area contributed by atoms with E-state index < -0.39 is 17.2 Å². The number of carbonyl (C=O) groups is 2. The number of nitrogens with zero attached hydrogens (tertiary/aromatic N) is 2. The molecule has 0 aliphatic carbocycles. The smallest absolute Gasteiger partial charge is 0.328 e. The van der Waals surface area contributed by atoms with Crippen molar-refractivity contribution in [2.45, 2.75) is 71.1 Å². The number of rotatable bonds is 2. The van der Waals surface area contributed by atoms with E-state index in [1.54, 1.807) is 14.1 Å². The Kier molecular flexibility index (Phi) is 5.10. The molecule has 0 aromatic heterocycles. The molecule has 0 saturated carbocycles. The van der Waals surface area contributed by atoms with E-state index in [9.17, 15) is 9.59 Å². The molecule has 0 unspecified atom stereocenters. The number of hydrogen-bond donors (Lipinski definition) is 0. The minimum atomic E-state index is -0.995. The van der Waals surface area contributed by atoms with E-state index in [2.05, 4.69) is 90.1 Å². The summed E-state index contributed by atoms with van der Waals surface area (Å²) in [6.45, 7) is 15.0. The fraction of sp³-hybridized carbons (Fsp3) is 0.500. The molecule has 0 radical (unpaired) electrons. The average Bonchev–Trinajstić information content (AvgIpc) is 2.75. The van der Waals surface area contributed by atoms with Crippen LogP contribution in [0.25, 0.3) is 0 Å². The van der Waals surface area contributed by atoms with Gasteiger partial charge in [0.25, 0.3) is 0 Å². The fourth-order valence-corrected chi connectivity index (χ4v) is 5.33. The van der Waals surface area contributed by atoms with Crippen LogP contribution in [0.2, 0.25) is 0 Å². The molecule has 176 valence electrons. The number of ether oxygens (including phenoxy) is 1. The van der Waals surface area contributed by atoms with E-state index in [4.69, 9.17) is 4.74 Å². The summed E-state index contributed by atoms with van der Waals surface area (Å²) in [5.74, 6) is -0.221. The molecular weight excluding hydrogens is 412 g/mol. The van der Waals surface area contributed by atoms with Gasteiger partial charge in [0.2, 0.25) is 5.91 Å². The molecule has 2 atom stereocenters. The zero-order chi connectivity index (χ0) is 24.6. The molecule has 0 N–H and O–H groups in total. The highest BCUT2D eigenvalue weighted by atomic mass is 16.6. The lowest BCUT2D eigenvalue weighted by Crippen LogP contribution is -2.80. The summed E-state index contributed by atoms with van der Waals surface area (Å²) in [6, 6.07) is 16.4.